The van der Waals surface area contributed by atoms with Crippen LogP contribution in [0, 0.1) is 5.82 Å². The van der Waals surface area contributed by atoms with Gasteiger partial charge in [0.2, 0.25) is 0 Å². The van der Waals surface area contributed by atoms with Gasteiger partial charge >= 0.3 is 6.18 Å². The number of nitrogens with one attached hydrogen (secondary N) is 2. The van der Waals surface area contributed by atoms with Gasteiger partial charge in [-0.15, -0.1) is 0 Å². The zero-order chi connectivity index (χ0) is 14.8. The molecule has 0 aliphatic carbocycles. The van der Waals surface area contributed by atoms with Crippen molar-refractivity contribution in [2.24, 2.45) is 0 Å². The van der Waals surface area contributed by atoms with Crippen molar-refractivity contribution in [2.75, 3.05) is 6.54 Å². The summed E-state index contributed by atoms with van der Waals surface area (Å²) in [6.45, 7) is 2.31. The molecule has 108 valence electrons. The summed E-state index contributed by atoms with van der Waals surface area (Å²) in [7, 11) is 0. The lowest BCUT2D eigenvalue weighted by Gasteiger charge is -2.17. The van der Waals surface area contributed by atoms with Gasteiger partial charge < -0.3 is 5.32 Å². The Labute approximate surface area is 112 Å². The highest BCUT2D eigenvalue weighted by atomic mass is 19.4. The fourth-order valence-electron chi connectivity index (χ4n) is 1.87. The third-order valence-corrected chi connectivity index (χ3v) is 2.74. The molecule has 1 aromatic heterocycles. The van der Waals surface area contributed by atoms with Gasteiger partial charge in [-0.25, -0.2) is 9.37 Å². The van der Waals surface area contributed by atoms with Crippen molar-refractivity contribution in [3.8, 4) is 0 Å². The molecule has 1 atom stereocenters. The topological polar surface area (TPSA) is 53.6 Å². The van der Waals surface area contributed by atoms with E-state index in [1.807, 2.05) is 0 Å². The van der Waals surface area contributed by atoms with E-state index < -0.39 is 23.6 Å². The maximum absolute atomic E-state index is 13.3. The Morgan fingerprint density at radius 2 is 2.10 bits per heavy atom. The van der Waals surface area contributed by atoms with Crippen molar-refractivity contribution in [1.29, 1.82) is 0 Å². The molecule has 2 rings (SSSR count). The standard InChI is InChI=1S/C12H12F4N4/c1-2-17-10(11-18-6-19-20-11)7-3-4-9(13)8(5-7)12(14,15)16/h3-6,10,17H,2H2,1H3,(H,18,19,20). The Morgan fingerprint density at radius 1 is 1.35 bits per heavy atom. The summed E-state index contributed by atoms with van der Waals surface area (Å²) in [5.74, 6) is -0.930. The molecule has 0 bridgehead atoms. The summed E-state index contributed by atoms with van der Waals surface area (Å²) in [6, 6.07) is 2.27. The number of hydrogen-bond acceptors (Lipinski definition) is 3. The maximum Gasteiger partial charge on any atom is 0.419 e. The number of alkyl halides is 3. The average molecular weight is 288 g/mol. The number of aromatic amines is 1. The highest BCUT2D eigenvalue weighted by Crippen LogP contribution is 2.33. The summed E-state index contributed by atoms with van der Waals surface area (Å²) in [4.78, 5) is 3.92. The second-order valence-electron chi connectivity index (χ2n) is 4.10. The number of nitrogens with zero attached hydrogens (tertiary/aromatic N) is 2. The smallest absolute Gasteiger partial charge is 0.304 e. The van der Waals surface area contributed by atoms with Crippen LogP contribution in [-0.2, 0) is 6.18 Å². The molecule has 0 aliphatic rings. The highest BCUT2D eigenvalue weighted by molar-refractivity contribution is 5.32. The van der Waals surface area contributed by atoms with Crippen LogP contribution >= 0.6 is 0 Å². The van der Waals surface area contributed by atoms with E-state index in [0.717, 1.165) is 12.1 Å². The number of rotatable bonds is 4. The molecular formula is C12H12F4N4. The quantitative estimate of drug-likeness (QED) is 0.850. The summed E-state index contributed by atoms with van der Waals surface area (Å²) in [5.41, 5.74) is -1.03. The minimum Gasteiger partial charge on any atom is -0.304 e. The molecule has 1 aromatic carbocycles. The first-order valence-electron chi connectivity index (χ1n) is 5.88. The van der Waals surface area contributed by atoms with E-state index in [1.54, 1.807) is 6.92 Å². The van der Waals surface area contributed by atoms with Crippen LogP contribution in [0.5, 0.6) is 0 Å². The molecule has 8 heteroatoms. The molecule has 2 aromatic rings. The number of hydrogen-bond donors (Lipinski definition) is 2. The van der Waals surface area contributed by atoms with Crippen LogP contribution < -0.4 is 5.32 Å². The predicted octanol–water partition coefficient (Wildman–Crippen LogP) is 2.66. The Hall–Kier alpha value is -1.96. The molecule has 0 saturated carbocycles. The normalized spacial score (nSPS) is 13.4. The van der Waals surface area contributed by atoms with Gasteiger partial charge in [0.15, 0.2) is 0 Å². The maximum atomic E-state index is 13.3. The third-order valence-electron chi connectivity index (χ3n) is 2.74. The lowest BCUT2D eigenvalue weighted by atomic mass is 10.0. The molecule has 20 heavy (non-hydrogen) atoms. The number of aromatic nitrogens is 3. The van der Waals surface area contributed by atoms with Crippen LogP contribution in [0.1, 0.15) is 29.9 Å². The molecule has 2 N–H and O–H groups in total. The first kappa shape index (κ1) is 14.4. The first-order chi connectivity index (χ1) is 9.43. The van der Waals surface area contributed by atoms with Crippen LogP contribution in [-0.4, -0.2) is 21.7 Å². The summed E-state index contributed by atoms with van der Waals surface area (Å²) >= 11 is 0. The molecule has 4 nitrogen and oxygen atoms in total. The molecule has 0 fully saturated rings. The summed E-state index contributed by atoms with van der Waals surface area (Å²) < 4.78 is 51.5. The lowest BCUT2D eigenvalue weighted by molar-refractivity contribution is -0.140. The van der Waals surface area contributed by atoms with Gasteiger partial charge in [0.25, 0.3) is 0 Å². The van der Waals surface area contributed by atoms with E-state index >= 15 is 0 Å². The summed E-state index contributed by atoms with van der Waals surface area (Å²) in [6.07, 6.45) is -3.48. The molecule has 0 amide bonds. The number of H-pyrrole nitrogens is 1. The molecular weight excluding hydrogens is 276 g/mol. The third kappa shape index (κ3) is 2.96. The van der Waals surface area contributed by atoms with E-state index in [9.17, 15) is 17.6 Å². The largest absolute Gasteiger partial charge is 0.419 e. The zero-order valence-electron chi connectivity index (χ0n) is 10.5. The van der Waals surface area contributed by atoms with Gasteiger partial charge in [-0.05, 0) is 24.2 Å². The fraction of sp³-hybridized carbons (Fsp3) is 0.333. The van der Waals surface area contributed by atoms with E-state index in [2.05, 4.69) is 20.5 Å². The van der Waals surface area contributed by atoms with Crippen molar-refractivity contribution in [2.45, 2.75) is 19.1 Å². The van der Waals surface area contributed by atoms with Crippen LogP contribution in [0.4, 0.5) is 17.6 Å². The second kappa shape index (κ2) is 5.58. The van der Waals surface area contributed by atoms with Gasteiger partial charge in [0, 0.05) is 0 Å². The Kier molecular flexibility index (Phi) is 4.03. The Morgan fingerprint density at radius 3 is 2.65 bits per heavy atom. The van der Waals surface area contributed by atoms with E-state index in [1.165, 1.54) is 12.4 Å². The van der Waals surface area contributed by atoms with Crippen LogP contribution in [0.2, 0.25) is 0 Å². The minimum absolute atomic E-state index is 0.261. The molecule has 0 radical (unpaired) electrons. The Bertz CT molecular complexity index is 565. The van der Waals surface area contributed by atoms with Gasteiger partial charge in [-0.2, -0.15) is 18.3 Å². The molecule has 0 aliphatic heterocycles. The number of halogens is 4. The molecule has 1 unspecified atom stereocenters. The van der Waals surface area contributed by atoms with Gasteiger partial charge in [-0.1, -0.05) is 13.0 Å². The van der Waals surface area contributed by atoms with Crippen molar-refractivity contribution in [3.63, 3.8) is 0 Å². The zero-order valence-corrected chi connectivity index (χ0v) is 10.5. The van der Waals surface area contributed by atoms with Crippen molar-refractivity contribution in [1.82, 2.24) is 20.5 Å². The second-order valence-corrected chi connectivity index (χ2v) is 4.10. The van der Waals surface area contributed by atoms with Crippen LogP contribution in [0.3, 0.4) is 0 Å². The van der Waals surface area contributed by atoms with E-state index in [-0.39, 0.29) is 5.56 Å². The predicted molar refractivity (Wildman–Crippen MR) is 63.3 cm³/mol. The SMILES string of the molecule is CCNC(c1ccc(F)c(C(F)(F)F)c1)c1ncn[nH]1. The van der Waals surface area contributed by atoms with Crippen LogP contribution in [0.15, 0.2) is 24.5 Å². The molecule has 0 saturated heterocycles. The summed E-state index contributed by atoms with van der Waals surface area (Å²) in [5, 5.41) is 9.24. The van der Waals surface area contributed by atoms with Gasteiger partial charge in [-0.3, -0.25) is 5.10 Å². The van der Waals surface area contributed by atoms with Crippen molar-refractivity contribution in [3.05, 3.63) is 47.3 Å². The monoisotopic (exact) mass is 288 g/mol. The number of benzene rings is 1. The van der Waals surface area contributed by atoms with Crippen molar-refractivity contribution >= 4 is 0 Å². The highest BCUT2D eigenvalue weighted by Gasteiger charge is 2.35. The van der Waals surface area contributed by atoms with Gasteiger partial charge in [0.1, 0.15) is 18.0 Å². The van der Waals surface area contributed by atoms with E-state index in [4.69, 9.17) is 0 Å². The minimum atomic E-state index is -4.74. The average Bonchev–Trinajstić information content (AvgIpc) is 2.89. The van der Waals surface area contributed by atoms with Crippen LogP contribution in [0.25, 0.3) is 0 Å². The fourth-order valence-corrected chi connectivity index (χ4v) is 1.87. The van der Waals surface area contributed by atoms with E-state index in [0.29, 0.717) is 12.4 Å². The van der Waals surface area contributed by atoms with Crippen molar-refractivity contribution < 1.29 is 17.6 Å². The molecule has 0 spiro atoms. The van der Waals surface area contributed by atoms with Gasteiger partial charge in [0.05, 0.1) is 11.6 Å². The first-order valence-corrected chi connectivity index (χ1v) is 5.88. The Balaban J connectivity index is 2.45. The molecule has 1 heterocycles. The lowest BCUT2D eigenvalue weighted by Crippen LogP contribution is -2.24.